The lowest BCUT2D eigenvalue weighted by Crippen LogP contribution is -2.28. The largest absolute Gasteiger partial charge is 0.398 e. The van der Waals surface area contributed by atoms with Gasteiger partial charge >= 0.3 is 0 Å². The van der Waals surface area contributed by atoms with E-state index >= 15 is 0 Å². The number of benzene rings is 1. The number of nitrogens with two attached hydrogens (primary N) is 1. The van der Waals surface area contributed by atoms with Crippen molar-refractivity contribution in [2.45, 2.75) is 20.4 Å². The van der Waals surface area contributed by atoms with Gasteiger partial charge in [-0.2, -0.15) is 5.10 Å². The number of nitrogen functional groups attached to an aromatic ring is 1. The third-order valence-corrected chi connectivity index (χ3v) is 2.84. The Morgan fingerprint density at radius 2 is 2.16 bits per heavy atom. The van der Waals surface area contributed by atoms with Crippen LogP contribution in [0.25, 0.3) is 0 Å². The first-order valence-electron chi connectivity index (χ1n) is 6.19. The van der Waals surface area contributed by atoms with Crippen molar-refractivity contribution >= 4 is 11.6 Å². The molecule has 0 fully saturated rings. The Kier molecular flexibility index (Phi) is 3.85. The molecule has 100 valence electrons. The quantitative estimate of drug-likeness (QED) is 0.816. The lowest BCUT2D eigenvalue weighted by Gasteiger charge is -2.08. The average Bonchev–Trinajstić information content (AvgIpc) is 2.78. The van der Waals surface area contributed by atoms with E-state index < -0.39 is 0 Å². The molecule has 0 spiro atoms. The van der Waals surface area contributed by atoms with Crippen LogP contribution in [0.15, 0.2) is 30.6 Å². The summed E-state index contributed by atoms with van der Waals surface area (Å²) in [6, 6.07) is 5.43. The van der Waals surface area contributed by atoms with E-state index in [1.54, 1.807) is 23.0 Å². The van der Waals surface area contributed by atoms with E-state index in [0.29, 0.717) is 24.3 Å². The molecule has 1 amide bonds. The molecular weight excluding hydrogens is 240 g/mol. The van der Waals surface area contributed by atoms with Crippen LogP contribution >= 0.6 is 0 Å². The van der Waals surface area contributed by atoms with Gasteiger partial charge in [0.05, 0.1) is 18.3 Å². The number of aryl methyl sites for hydroxylation is 2. The van der Waals surface area contributed by atoms with Gasteiger partial charge in [-0.3, -0.25) is 9.48 Å². The van der Waals surface area contributed by atoms with Crippen LogP contribution in [-0.2, 0) is 6.54 Å². The molecular formula is C14H18N4O. The summed E-state index contributed by atoms with van der Waals surface area (Å²) in [5.74, 6) is -0.148. The maximum atomic E-state index is 12.0. The number of carbonyl (C=O) groups excluding carboxylic acids is 1. The zero-order valence-corrected chi connectivity index (χ0v) is 11.2. The smallest absolute Gasteiger partial charge is 0.253 e. The van der Waals surface area contributed by atoms with Gasteiger partial charge in [-0.15, -0.1) is 0 Å². The van der Waals surface area contributed by atoms with Crippen molar-refractivity contribution in [3.05, 3.63) is 47.3 Å². The predicted octanol–water partition coefficient (Wildman–Crippen LogP) is 1.51. The molecule has 2 aromatic rings. The van der Waals surface area contributed by atoms with E-state index in [2.05, 4.69) is 10.4 Å². The number of hydrogen-bond acceptors (Lipinski definition) is 3. The van der Waals surface area contributed by atoms with Crippen LogP contribution in [-0.4, -0.2) is 22.2 Å². The third-order valence-electron chi connectivity index (χ3n) is 2.84. The van der Waals surface area contributed by atoms with Gasteiger partial charge in [-0.05, 0) is 31.5 Å². The van der Waals surface area contributed by atoms with Gasteiger partial charge in [-0.1, -0.05) is 11.6 Å². The van der Waals surface area contributed by atoms with Crippen molar-refractivity contribution in [3.8, 4) is 0 Å². The van der Waals surface area contributed by atoms with Crippen LogP contribution in [0.4, 0.5) is 5.69 Å². The normalized spacial score (nSPS) is 10.4. The molecule has 5 nitrogen and oxygen atoms in total. The van der Waals surface area contributed by atoms with Crippen LogP contribution in [0.1, 0.15) is 21.5 Å². The molecule has 0 atom stereocenters. The van der Waals surface area contributed by atoms with Crippen LogP contribution in [0.3, 0.4) is 0 Å². The van der Waals surface area contributed by atoms with Crippen LogP contribution in [0, 0.1) is 13.8 Å². The van der Waals surface area contributed by atoms with Crippen molar-refractivity contribution in [1.82, 2.24) is 15.1 Å². The van der Waals surface area contributed by atoms with E-state index in [4.69, 9.17) is 5.73 Å². The number of anilines is 1. The summed E-state index contributed by atoms with van der Waals surface area (Å²) in [5.41, 5.74) is 8.94. The van der Waals surface area contributed by atoms with Gasteiger partial charge in [0, 0.05) is 18.4 Å². The minimum absolute atomic E-state index is 0.148. The second-order valence-corrected chi connectivity index (χ2v) is 4.63. The van der Waals surface area contributed by atoms with Crippen molar-refractivity contribution in [2.24, 2.45) is 0 Å². The highest BCUT2D eigenvalue weighted by molar-refractivity contribution is 5.99. The van der Waals surface area contributed by atoms with Gasteiger partial charge < -0.3 is 11.1 Å². The number of rotatable bonds is 4. The van der Waals surface area contributed by atoms with Crippen LogP contribution < -0.4 is 11.1 Å². The number of aromatic nitrogens is 2. The molecule has 1 aromatic heterocycles. The minimum Gasteiger partial charge on any atom is -0.398 e. The van der Waals surface area contributed by atoms with Gasteiger partial charge in [0.1, 0.15) is 0 Å². The fourth-order valence-electron chi connectivity index (χ4n) is 1.84. The monoisotopic (exact) mass is 258 g/mol. The molecule has 0 saturated heterocycles. The van der Waals surface area contributed by atoms with Crippen LogP contribution in [0.2, 0.25) is 0 Å². The van der Waals surface area contributed by atoms with Gasteiger partial charge in [0.2, 0.25) is 0 Å². The molecule has 2 rings (SSSR count). The lowest BCUT2D eigenvalue weighted by molar-refractivity contribution is 0.0952. The summed E-state index contributed by atoms with van der Waals surface area (Å²) in [5, 5.41) is 7.00. The fraction of sp³-hybridized carbons (Fsp3) is 0.286. The molecule has 0 saturated carbocycles. The maximum Gasteiger partial charge on any atom is 0.253 e. The average molecular weight is 258 g/mol. The number of nitrogens with zero attached hydrogens (tertiary/aromatic N) is 2. The lowest BCUT2D eigenvalue weighted by atomic mass is 10.1. The second-order valence-electron chi connectivity index (χ2n) is 4.63. The van der Waals surface area contributed by atoms with Gasteiger partial charge in [0.25, 0.3) is 5.91 Å². The maximum absolute atomic E-state index is 12.0. The molecule has 0 aliphatic carbocycles. The standard InChI is InChI=1S/C14H18N4O/c1-10-3-4-13(15)12(7-10)14(19)16-5-6-18-9-11(2)8-17-18/h3-4,7-9H,5-6,15H2,1-2H3,(H,16,19). The molecule has 1 heterocycles. The third kappa shape index (κ3) is 3.34. The first kappa shape index (κ1) is 13.1. The molecule has 0 aliphatic heterocycles. The summed E-state index contributed by atoms with van der Waals surface area (Å²) in [6.45, 7) is 5.08. The molecule has 0 bridgehead atoms. The van der Waals surface area contributed by atoms with Crippen molar-refractivity contribution in [1.29, 1.82) is 0 Å². The SMILES string of the molecule is Cc1ccc(N)c(C(=O)NCCn2cc(C)cn2)c1. The Bertz CT molecular complexity index is 589. The molecule has 1 aromatic carbocycles. The molecule has 0 unspecified atom stereocenters. The second kappa shape index (κ2) is 5.56. The van der Waals surface area contributed by atoms with E-state index in [1.165, 1.54) is 0 Å². The molecule has 19 heavy (non-hydrogen) atoms. The highest BCUT2D eigenvalue weighted by Crippen LogP contribution is 2.13. The van der Waals surface area contributed by atoms with Crippen molar-refractivity contribution in [2.75, 3.05) is 12.3 Å². The Balaban J connectivity index is 1.92. The summed E-state index contributed by atoms with van der Waals surface area (Å²) in [7, 11) is 0. The van der Waals surface area contributed by atoms with E-state index in [0.717, 1.165) is 11.1 Å². The first-order valence-corrected chi connectivity index (χ1v) is 6.19. The molecule has 3 N–H and O–H groups in total. The number of nitrogens with one attached hydrogen (secondary N) is 1. The zero-order chi connectivity index (χ0) is 13.8. The summed E-state index contributed by atoms with van der Waals surface area (Å²) in [4.78, 5) is 12.0. The molecule has 0 radical (unpaired) electrons. The van der Waals surface area contributed by atoms with Crippen molar-refractivity contribution in [3.63, 3.8) is 0 Å². The molecule has 0 aliphatic rings. The van der Waals surface area contributed by atoms with E-state index in [-0.39, 0.29) is 5.91 Å². The van der Waals surface area contributed by atoms with E-state index in [9.17, 15) is 4.79 Å². The summed E-state index contributed by atoms with van der Waals surface area (Å²) in [6.07, 6.45) is 3.73. The summed E-state index contributed by atoms with van der Waals surface area (Å²) < 4.78 is 1.80. The Morgan fingerprint density at radius 3 is 2.84 bits per heavy atom. The Hall–Kier alpha value is -2.30. The van der Waals surface area contributed by atoms with E-state index in [1.807, 2.05) is 26.1 Å². The number of carbonyl (C=O) groups is 1. The Labute approximate surface area is 112 Å². The highest BCUT2D eigenvalue weighted by Gasteiger charge is 2.09. The van der Waals surface area contributed by atoms with Gasteiger partial charge in [0.15, 0.2) is 0 Å². The topological polar surface area (TPSA) is 72.9 Å². The summed E-state index contributed by atoms with van der Waals surface area (Å²) >= 11 is 0. The zero-order valence-electron chi connectivity index (χ0n) is 11.2. The highest BCUT2D eigenvalue weighted by atomic mass is 16.1. The van der Waals surface area contributed by atoms with Crippen molar-refractivity contribution < 1.29 is 4.79 Å². The number of amides is 1. The predicted molar refractivity (Wildman–Crippen MR) is 74.9 cm³/mol. The fourth-order valence-corrected chi connectivity index (χ4v) is 1.84. The number of hydrogen-bond donors (Lipinski definition) is 2. The van der Waals surface area contributed by atoms with Crippen LogP contribution in [0.5, 0.6) is 0 Å². The minimum atomic E-state index is -0.148. The first-order chi connectivity index (χ1) is 9.06. The van der Waals surface area contributed by atoms with Gasteiger partial charge in [-0.25, -0.2) is 0 Å². The molecule has 5 heteroatoms. The Morgan fingerprint density at radius 1 is 1.37 bits per heavy atom.